The highest BCUT2D eigenvalue weighted by Crippen LogP contribution is 2.24. The van der Waals surface area contributed by atoms with Gasteiger partial charge in [0.15, 0.2) is 10.8 Å². The van der Waals surface area contributed by atoms with Gasteiger partial charge >= 0.3 is 0 Å². The van der Waals surface area contributed by atoms with Gasteiger partial charge in [0.1, 0.15) is 4.88 Å². The van der Waals surface area contributed by atoms with Crippen molar-refractivity contribution in [3.05, 3.63) is 64.9 Å². The van der Waals surface area contributed by atoms with E-state index >= 15 is 0 Å². The highest BCUT2D eigenvalue weighted by molar-refractivity contribution is 7.17. The van der Waals surface area contributed by atoms with E-state index in [1.807, 2.05) is 30.3 Å². The van der Waals surface area contributed by atoms with Crippen LogP contribution in [0.4, 0.5) is 0 Å². The van der Waals surface area contributed by atoms with Crippen LogP contribution in [-0.4, -0.2) is 27.4 Å². The topological polar surface area (TPSA) is 67.8 Å². The second-order valence-corrected chi connectivity index (χ2v) is 5.86. The second-order valence-electron chi connectivity index (χ2n) is 4.86. The number of rotatable bonds is 3. The number of benzene rings is 1. The van der Waals surface area contributed by atoms with Crippen molar-refractivity contribution in [2.24, 2.45) is 0 Å². The molecular formula is C18H14N4OS. The van der Waals surface area contributed by atoms with Gasteiger partial charge in [-0.3, -0.25) is 4.79 Å². The molecule has 1 N–H and O–H groups in total. The number of nitrogens with one attached hydrogen (secondary N) is 1. The van der Waals surface area contributed by atoms with Crippen LogP contribution in [0.1, 0.15) is 20.9 Å². The standard InChI is InChI=1S/C18H14N4OS/c1-13-15(24-18(22-13)16-19-11-6-12-20-16)17(23)21-10-5-9-14-7-3-2-4-8-14/h2-4,6-8,11-12H,10H2,1H3,(H,21,23). The first-order chi connectivity index (χ1) is 11.7. The smallest absolute Gasteiger partial charge is 0.264 e. The molecule has 1 amide bonds. The first kappa shape index (κ1) is 15.8. The molecule has 0 aliphatic heterocycles. The fraction of sp³-hybridized carbons (Fsp3) is 0.111. The maximum atomic E-state index is 12.3. The molecule has 0 saturated carbocycles. The number of thiazole rings is 1. The van der Waals surface area contributed by atoms with Crippen molar-refractivity contribution in [3.63, 3.8) is 0 Å². The number of carbonyl (C=O) groups excluding carboxylic acids is 1. The average molecular weight is 334 g/mol. The normalized spacial score (nSPS) is 9.88. The van der Waals surface area contributed by atoms with E-state index in [9.17, 15) is 4.79 Å². The second kappa shape index (κ2) is 7.49. The summed E-state index contributed by atoms with van der Waals surface area (Å²) < 4.78 is 0. The Labute approximate surface area is 143 Å². The summed E-state index contributed by atoms with van der Waals surface area (Å²) in [5.74, 6) is 6.27. The Morgan fingerprint density at radius 1 is 1.17 bits per heavy atom. The quantitative estimate of drug-likeness (QED) is 0.748. The van der Waals surface area contributed by atoms with Crippen LogP contribution in [0.25, 0.3) is 10.8 Å². The maximum absolute atomic E-state index is 12.3. The Bertz CT molecular complexity index is 895. The van der Waals surface area contributed by atoms with Crippen LogP contribution in [0.2, 0.25) is 0 Å². The summed E-state index contributed by atoms with van der Waals surface area (Å²) in [7, 11) is 0. The van der Waals surface area contributed by atoms with E-state index in [-0.39, 0.29) is 12.5 Å². The van der Waals surface area contributed by atoms with Gasteiger partial charge in [-0.25, -0.2) is 15.0 Å². The molecule has 0 saturated heterocycles. The number of carbonyl (C=O) groups is 1. The number of aromatic nitrogens is 3. The van der Waals surface area contributed by atoms with Crippen molar-refractivity contribution in [2.45, 2.75) is 6.92 Å². The van der Waals surface area contributed by atoms with Crippen molar-refractivity contribution in [1.29, 1.82) is 0 Å². The first-order valence-corrected chi connectivity index (χ1v) is 8.12. The molecule has 0 aliphatic carbocycles. The van der Waals surface area contributed by atoms with Crippen LogP contribution < -0.4 is 5.32 Å². The van der Waals surface area contributed by atoms with Gasteiger partial charge in [0.05, 0.1) is 12.2 Å². The predicted octanol–water partition coefficient (Wildman–Crippen LogP) is 2.69. The van der Waals surface area contributed by atoms with E-state index in [2.05, 4.69) is 32.1 Å². The molecule has 0 unspecified atom stereocenters. The summed E-state index contributed by atoms with van der Waals surface area (Å²) in [6, 6.07) is 11.4. The molecule has 1 aromatic carbocycles. The molecule has 3 rings (SSSR count). The summed E-state index contributed by atoms with van der Waals surface area (Å²) in [5, 5.41) is 3.42. The minimum atomic E-state index is -0.186. The van der Waals surface area contributed by atoms with E-state index in [4.69, 9.17) is 0 Å². The lowest BCUT2D eigenvalue weighted by Gasteiger charge is -1.98. The monoisotopic (exact) mass is 334 g/mol. The van der Waals surface area contributed by atoms with Crippen LogP contribution in [-0.2, 0) is 0 Å². The minimum absolute atomic E-state index is 0.186. The van der Waals surface area contributed by atoms with Crippen molar-refractivity contribution in [1.82, 2.24) is 20.3 Å². The Balaban J connectivity index is 1.66. The summed E-state index contributed by atoms with van der Waals surface area (Å²) in [6.45, 7) is 2.08. The summed E-state index contributed by atoms with van der Waals surface area (Å²) in [5.41, 5.74) is 1.58. The van der Waals surface area contributed by atoms with Crippen molar-refractivity contribution >= 4 is 17.2 Å². The van der Waals surface area contributed by atoms with E-state index < -0.39 is 0 Å². The molecule has 2 heterocycles. The van der Waals surface area contributed by atoms with Crippen LogP contribution >= 0.6 is 11.3 Å². The number of hydrogen-bond donors (Lipinski definition) is 1. The molecule has 0 radical (unpaired) electrons. The summed E-state index contributed by atoms with van der Waals surface area (Å²) >= 11 is 1.28. The molecule has 3 aromatic rings. The fourth-order valence-corrected chi connectivity index (χ4v) is 2.92. The minimum Gasteiger partial charge on any atom is -0.340 e. The lowest BCUT2D eigenvalue weighted by Crippen LogP contribution is -2.23. The Hall–Kier alpha value is -3.04. The number of nitrogens with zero attached hydrogens (tertiary/aromatic N) is 3. The van der Waals surface area contributed by atoms with Crippen molar-refractivity contribution in [2.75, 3.05) is 6.54 Å². The first-order valence-electron chi connectivity index (χ1n) is 7.31. The molecule has 24 heavy (non-hydrogen) atoms. The zero-order chi connectivity index (χ0) is 16.8. The molecule has 0 fully saturated rings. The fourth-order valence-electron chi connectivity index (χ4n) is 1.98. The SMILES string of the molecule is Cc1nc(-c2ncccn2)sc1C(=O)NCC#Cc1ccccc1. The zero-order valence-electron chi connectivity index (χ0n) is 13.0. The van der Waals surface area contributed by atoms with E-state index in [1.165, 1.54) is 11.3 Å². The lowest BCUT2D eigenvalue weighted by atomic mass is 10.2. The lowest BCUT2D eigenvalue weighted by molar-refractivity contribution is 0.0962. The molecule has 0 aliphatic rings. The predicted molar refractivity (Wildman–Crippen MR) is 93.5 cm³/mol. The number of amides is 1. The van der Waals surface area contributed by atoms with Gasteiger partial charge in [-0.15, -0.1) is 11.3 Å². The van der Waals surface area contributed by atoms with Gasteiger partial charge in [-0.2, -0.15) is 0 Å². The molecular weight excluding hydrogens is 320 g/mol. The molecule has 5 nitrogen and oxygen atoms in total. The van der Waals surface area contributed by atoms with E-state index in [1.54, 1.807) is 25.4 Å². The number of hydrogen-bond acceptors (Lipinski definition) is 5. The van der Waals surface area contributed by atoms with Gasteiger partial charge in [0.2, 0.25) is 0 Å². The summed E-state index contributed by atoms with van der Waals surface area (Å²) in [4.78, 5) is 25.5. The Morgan fingerprint density at radius 2 is 1.92 bits per heavy atom. The van der Waals surface area contributed by atoms with Gasteiger partial charge in [-0.1, -0.05) is 30.0 Å². The number of aryl methyl sites for hydroxylation is 1. The zero-order valence-corrected chi connectivity index (χ0v) is 13.8. The summed E-state index contributed by atoms with van der Waals surface area (Å²) in [6.07, 6.45) is 3.30. The highest BCUT2D eigenvalue weighted by Gasteiger charge is 2.16. The van der Waals surface area contributed by atoms with Crippen molar-refractivity contribution in [3.8, 4) is 22.7 Å². The van der Waals surface area contributed by atoms with Gasteiger partial charge in [-0.05, 0) is 25.1 Å². The molecule has 0 atom stereocenters. The van der Waals surface area contributed by atoms with Crippen LogP contribution in [0.15, 0.2) is 48.8 Å². The van der Waals surface area contributed by atoms with E-state index in [0.717, 1.165) is 5.56 Å². The van der Waals surface area contributed by atoms with Crippen LogP contribution in [0, 0.1) is 18.8 Å². The van der Waals surface area contributed by atoms with Crippen molar-refractivity contribution < 1.29 is 4.79 Å². The average Bonchev–Trinajstić information content (AvgIpc) is 3.02. The van der Waals surface area contributed by atoms with Crippen LogP contribution in [0.5, 0.6) is 0 Å². The Morgan fingerprint density at radius 3 is 2.67 bits per heavy atom. The van der Waals surface area contributed by atoms with Gasteiger partial charge in [0.25, 0.3) is 5.91 Å². The third kappa shape index (κ3) is 3.83. The van der Waals surface area contributed by atoms with Gasteiger partial charge in [0, 0.05) is 18.0 Å². The molecule has 6 heteroatoms. The van der Waals surface area contributed by atoms with E-state index in [0.29, 0.717) is 21.4 Å². The highest BCUT2D eigenvalue weighted by atomic mass is 32.1. The largest absolute Gasteiger partial charge is 0.340 e. The molecule has 0 spiro atoms. The third-order valence-corrected chi connectivity index (χ3v) is 4.26. The molecule has 118 valence electrons. The molecule has 0 bridgehead atoms. The maximum Gasteiger partial charge on any atom is 0.264 e. The van der Waals surface area contributed by atoms with Crippen LogP contribution in [0.3, 0.4) is 0 Å². The Kier molecular flexibility index (Phi) is 4.94. The third-order valence-electron chi connectivity index (χ3n) is 3.10. The van der Waals surface area contributed by atoms with Gasteiger partial charge < -0.3 is 5.32 Å². The molecule has 2 aromatic heterocycles.